The van der Waals surface area contributed by atoms with Gasteiger partial charge in [-0.15, -0.1) is 0 Å². The molecule has 1 saturated heterocycles. The minimum absolute atomic E-state index is 0.0105. The van der Waals surface area contributed by atoms with Crippen LogP contribution in [0.2, 0.25) is 0 Å². The summed E-state index contributed by atoms with van der Waals surface area (Å²) < 4.78 is 0. The number of pyridine rings is 1. The number of nitrogens with zero attached hydrogens (tertiary/aromatic N) is 3. The lowest BCUT2D eigenvalue weighted by Gasteiger charge is -2.36. The van der Waals surface area contributed by atoms with E-state index >= 15 is 0 Å². The van der Waals surface area contributed by atoms with Gasteiger partial charge in [0.15, 0.2) is 0 Å². The Bertz CT molecular complexity index is 704. The van der Waals surface area contributed by atoms with Gasteiger partial charge in [-0.05, 0) is 30.9 Å². The second-order valence-corrected chi connectivity index (χ2v) is 6.50. The normalized spacial score (nSPS) is 20.6. The molecular weight excluding hydrogens is 290 g/mol. The van der Waals surface area contributed by atoms with Gasteiger partial charge in [-0.1, -0.05) is 13.0 Å². The van der Waals surface area contributed by atoms with Crippen LogP contribution < -0.4 is 0 Å². The monoisotopic (exact) mass is 311 g/mol. The van der Waals surface area contributed by atoms with Gasteiger partial charge in [0.05, 0.1) is 5.69 Å². The third-order valence-electron chi connectivity index (χ3n) is 5.18. The maximum absolute atomic E-state index is 12.9. The number of carbonyl (C=O) groups excluding carboxylic acids is 2. The highest BCUT2D eigenvalue weighted by atomic mass is 16.2. The molecule has 120 valence electrons. The summed E-state index contributed by atoms with van der Waals surface area (Å²) in [6.07, 6.45) is 7.28. The first-order chi connectivity index (χ1) is 11.2. The van der Waals surface area contributed by atoms with Crippen molar-refractivity contribution in [3.05, 3.63) is 35.2 Å². The van der Waals surface area contributed by atoms with Crippen LogP contribution in [0.5, 0.6) is 0 Å². The van der Waals surface area contributed by atoms with E-state index in [-0.39, 0.29) is 17.9 Å². The number of amides is 2. The average Bonchev–Trinajstić information content (AvgIpc) is 3.23. The van der Waals surface area contributed by atoms with Crippen LogP contribution in [0.15, 0.2) is 18.3 Å². The van der Waals surface area contributed by atoms with E-state index in [1.807, 2.05) is 30.2 Å². The molecule has 0 unspecified atom stereocenters. The molecule has 1 aromatic heterocycles. The molecule has 2 amide bonds. The fourth-order valence-electron chi connectivity index (χ4n) is 4.00. The quantitative estimate of drug-likeness (QED) is 0.855. The first kappa shape index (κ1) is 14.4. The third kappa shape index (κ3) is 2.18. The third-order valence-corrected chi connectivity index (χ3v) is 5.18. The molecular formula is C18H21N3O2. The predicted octanol–water partition coefficient (Wildman–Crippen LogP) is 1.76. The van der Waals surface area contributed by atoms with Gasteiger partial charge < -0.3 is 9.80 Å². The van der Waals surface area contributed by atoms with Crippen molar-refractivity contribution >= 4 is 17.4 Å². The average molecular weight is 311 g/mol. The summed E-state index contributed by atoms with van der Waals surface area (Å²) in [6.45, 7) is 4.15. The van der Waals surface area contributed by atoms with E-state index in [1.165, 1.54) is 0 Å². The molecule has 1 aromatic rings. The van der Waals surface area contributed by atoms with Crippen molar-refractivity contribution < 1.29 is 9.59 Å². The van der Waals surface area contributed by atoms with Gasteiger partial charge in [0, 0.05) is 43.4 Å². The summed E-state index contributed by atoms with van der Waals surface area (Å²) in [5, 5.41) is 0. The summed E-state index contributed by atoms with van der Waals surface area (Å²) in [7, 11) is 0. The van der Waals surface area contributed by atoms with Crippen LogP contribution in [-0.4, -0.2) is 45.7 Å². The van der Waals surface area contributed by atoms with E-state index < -0.39 is 0 Å². The smallest absolute Gasteiger partial charge is 0.255 e. The van der Waals surface area contributed by atoms with Crippen LogP contribution in [0.25, 0.3) is 5.57 Å². The number of hydrogen-bond acceptors (Lipinski definition) is 3. The lowest BCUT2D eigenvalue weighted by molar-refractivity contribution is -0.143. The first-order valence-electron chi connectivity index (χ1n) is 8.47. The van der Waals surface area contributed by atoms with Crippen LogP contribution in [0, 0.1) is 0 Å². The summed E-state index contributed by atoms with van der Waals surface area (Å²) in [5.74, 6) is 0.0957. The van der Waals surface area contributed by atoms with Crippen molar-refractivity contribution in [3.63, 3.8) is 0 Å². The van der Waals surface area contributed by atoms with Gasteiger partial charge in [0.2, 0.25) is 5.91 Å². The molecule has 0 aromatic carbocycles. The Morgan fingerprint density at radius 3 is 2.87 bits per heavy atom. The minimum atomic E-state index is -0.355. The molecule has 23 heavy (non-hydrogen) atoms. The molecule has 3 heterocycles. The highest BCUT2D eigenvalue weighted by molar-refractivity contribution is 6.22. The van der Waals surface area contributed by atoms with Gasteiger partial charge in [-0.3, -0.25) is 14.6 Å². The lowest BCUT2D eigenvalue weighted by atomic mass is 9.95. The maximum atomic E-state index is 12.9. The second-order valence-electron chi connectivity index (χ2n) is 6.50. The highest BCUT2D eigenvalue weighted by Crippen LogP contribution is 2.36. The number of carbonyl (C=O) groups is 2. The maximum Gasteiger partial charge on any atom is 0.255 e. The molecule has 1 aliphatic carbocycles. The number of hydrogen-bond donors (Lipinski definition) is 0. The molecule has 4 rings (SSSR count). The molecule has 0 N–H and O–H groups in total. The summed E-state index contributed by atoms with van der Waals surface area (Å²) >= 11 is 0. The van der Waals surface area contributed by atoms with E-state index in [0.29, 0.717) is 13.0 Å². The van der Waals surface area contributed by atoms with Crippen LogP contribution in [0.1, 0.15) is 43.0 Å². The molecule has 3 aliphatic rings. The Balaban J connectivity index is 1.67. The topological polar surface area (TPSA) is 53.5 Å². The molecule has 1 fully saturated rings. The SMILES string of the molecule is CC[C@H](C(=O)N1CCCC1)N1Cc2ccnc3c2C(=CC3)C1=O. The van der Waals surface area contributed by atoms with Crippen LogP contribution in [-0.2, 0) is 22.6 Å². The van der Waals surface area contributed by atoms with Crippen molar-refractivity contribution in [2.45, 2.75) is 45.2 Å². The molecule has 0 saturated carbocycles. The summed E-state index contributed by atoms with van der Waals surface area (Å²) in [5.41, 5.74) is 3.86. The summed E-state index contributed by atoms with van der Waals surface area (Å²) in [6, 6.07) is 1.62. The Kier molecular flexibility index (Phi) is 3.43. The van der Waals surface area contributed by atoms with E-state index in [0.717, 1.165) is 54.7 Å². The zero-order valence-electron chi connectivity index (χ0n) is 13.4. The molecule has 5 heteroatoms. The predicted molar refractivity (Wildman–Crippen MR) is 86.4 cm³/mol. The molecule has 0 spiro atoms. The highest BCUT2D eigenvalue weighted by Gasteiger charge is 2.39. The van der Waals surface area contributed by atoms with Gasteiger partial charge in [0.25, 0.3) is 5.91 Å². The van der Waals surface area contributed by atoms with Crippen molar-refractivity contribution in [3.8, 4) is 0 Å². The Hall–Kier alpha value is -2.17. The van der Waals surface area contributed by atoms with Crippen molar-refractivity contribution in [1.82, 2.24) is 14.8 Å². The van der Waals surface area contributed by atoms with Gasteiger partial charge in [-0.25, -0.2) is 0 Å². The number of likely N-dealkylation sites (tertiary alicyclic amines) is 1. The Morgan fingerprint density at radius 2 is 2.13 bits per heavy atom. The Labute approximate surface area is 136 Å². The largest absolute Gasteiger partial charge is 0.341 e. The number of allylic oxidation sites excluding steroid dienone is 1. The van der Waals surface area contributed by atoms with E-state index in [1.54, 1.807) is 4.90 Å². The number of aromatic nitrogens is 1. The fraction of sp³-hybridized carbons (Fsp3) is 0.500. The molecule has 0 radical (unpaired) electrons. The molecule has 1 atom stereocenters. The van der Waals surface area contributed by atoms with E-state index in [4.69, 9.17) is 0 Å². The zero-order chi connectivity index (χ0) is 16.0. The zero-order valence-corrected chi connectivity index (χ0v) is 13.4. The van der Waals surface area contributed by atoms with Crippen LogP contribution >= 0.6 is 0 Å². The number of rotatable bonds is 3. The molecule has 5 nitrogen and oxygen atoms in total. The molecule has 2 aliphatic heterocycles. The van der Waals surface area contributed by atoms with Crippen molar-refractivity contribution in [1.29, 1.82) is 0 Å². The van der Waals surface area contributed by atoms with Gasteiger partial charge in [-0.2, -0.15) is 0 Å². The van der Waals surface area contributed by atoms with Gasteiger partial charge >= 0.3 is 0 Å². The van der Waals surface area contributed by atoms with Crippen LogP contribution in [0.4, 0.5) is 0 Å². The molecule has 0 bridgehead atoms. The first-order valence-corrected chi connectivity index (χ1v) is 8.47. The van der Waals surface area contributed by atoms with Gasteiger partial charge in [0.1, 0.15) is 6.04 Å². The van der Waals surface area contributed by atoms with Crippen molar-refractivity contribution in [2.24, 2.45) is 0 Å². The van der Waals surface area contributed by atoms with E-state index in [9.17, 15) is 9.59 Å². The van der Waals surface area contributed by atoms with Crippen LogP contribution in [0.3, 0.4) is 0 Å². The minimum Gasteiger partial charge on any atom is -0.341 e. The standard InChI is InChI=1S/C18H21N3O2/c1-2-15(18(23)20-9-3-4-10-20)21-11-12-7-8-19-14-6-5-13(16(12)14)17(21)22/h5,7-8,15H,2-4,6,9-11H2,1H3/t15-/m1/s1. The fourth-order valence-corrected chi connectivity index (χ4v) is 4.00. The Morgan fingerprint density at radius 1 is 1.35 bits per heavy atom. The van der Waals surface area contributed by atoms with Crippen molar-refractivity contribution in [2.75, 3.05) is 13.1 Å². The summed E-state index contributed by atoms with van der Waals surface area (Å²) in [4.78, 5) is 33.8. The van der Waals surface area contributed by atoms with E-state index in [2.05, 4.69) is 4.98 Å². The second kappa shape index (κ2) is 5.48. The lowest BCUT2D eigenvalue weighted by Crippen LogP contribution is -2.51.